The maximum atomic E-state index is 12.6. The van der Waals surface area contributed by atoms with E-state index >= 15 is 0 Å². The molecule has 3 rings (SSSR count). The van der Waals surface area contributed by atoms with Crippen molar-refractivity contribution < 1.29 is 9.53 Å². The van der Waals surface area contributed by atoms with E-state index in [2.05, 4.69) is 14.9 Å². The summed E-state index contributed by atoms with van der Waals surface area (Å²) in [5.74, 6) is 0.531. The van der Waals surface area contributed by atoms with Crippen LogP contribution < -0.4 is 10.1 Å². The fourth-order valence-electron chi connectivity index (χ4n) is 2.39. The molecule has 0 aliphatic carbocycles. The van der Waals surface area contributed by atoms with Crippen molar-refractivity contribution in [2.24, 2.45) is 0 Å². The molecule has 3 aromatic rings. The zero-order valence-electron chi connectivity index (χ0n) is 13.4. The molecule has 0 aliphatic heterocycles. The minimum Gasteiger partial charge on any atom is -0.497 e. The van der Waals surface area contributed by atoms with Gasteiger partial charge in [-0.1, -0.05) is 47.0 Å². The molecule has 24 heavy (non-hydrogen) atoms. The molecule has 0 fully saturated rings. The molecule has 1 atom stereocenters. The van der Waals surface area contributed by atoms with Crippen LogP contribution >= 0.6 is 11.5 Å². The second-order valence-corrected chi connectivity index (χ2v) is 6.04. The lowest BCUT2D eigenvalue weighted by Crippen LogP contribution is -2.26. The molecule has 1 amide bonds. The molecule has 0 radical (unpaired) electrons. The average molecular weight is 339 g/mol. The maximum absolute atomic E-state index is 12.6. The Kier molecular flexibility index (Phi) is 4.86. The summed E-state index contributed by atoms with van der Waals surface area (Å²) in [5, 5.41) is 7.11. The van der Waals surface area contributed by atoms with Gasteiger partial charge in [0.2, 0.25) is 0 Å². The maximum Gasteiger partial charge on any atom is 0.265 e. The molecule has 122 valence electrons. The molecule has 0 unspecified atom stereocenters. The summed E-state index contributed by atoms with van der Waals surface area (Å²) < 4.78 is 9.18. The summed E-state index contributed by atoms with van der Waals surface area (Å²) in [6.07, 6.45) is 0. The average Bonchev–Trinajstić information content (AvgIpc) is 3.12. The van der Waals surface area contributed by atoms with E-state index in [1.807, 2.05) is 61.5 Å². The first-order valence-electron chi connectivity index (χ1n) is 7.51. The number of ether oxygens (including phenoxy) is 1. The largest absolute Gasteiger partial charge is 0.497 e. The number of rotatable bonds is 5. The third-order valence-corrected chi connectivity index (χ3v) is 4.41. The Hall–Kier alpha value is -2.73. The first-order chi connectivity index (χ1) is 11.7. The fraction of sp³-hybridized carbons (Fsp3) is 0.167. The number of nitrogens with one attached hydrogen (secondary N) is 1. The van der Waals surface area contributed by atoms with Gasteiger partial charge in [0.15, 0.2) is 0 Å². The van der Waals surface area contributed by atoms with Gasteiger partial charge in [-0.25, -0.2) is 0 Å². The summed E-state index contributed by atoms with van der Waals surface area (Å²) >= 11 is 1.09. The predicted molar refractivity (Wildman–Crippen MR) is 94.2 cm³/mol. The number of aromatic nitrogens is 2. The van der Waals surface area contributed by atoms with E-state index in [0.717, 1.165) is 22.7 Å². The molecule has 0 saturated carbocycles. The first kappa shape index (κ1) is 16.1. The highest BCUT2D eigenvalue weighted by atomic mass is 32.1. The van der Waals surface area contributed by atoms with Gasteiger partial charge in [0, 0.05) is 5.56 Å². The van der Waals surface area contributed by atoms with E-state index in [-0.39, 0.29) is 11.9 Å². The predicted octanol–water partition coefficient (Wildman–Crippen LogP) is 3.70. The Bertz CT molecular complexity index is 833. The zero-order chi connectivity index (χ0) is 16.9. The van der Waals surface area contributed by atoms with Crippen LogP contribution in [0.15, 0.2) is 54.6 Å². The SMILES string of the molecule is COc1cccc(-c2nnsc2C(=O)N[C@H](C)c2ccccc2)c1. The van der Waals surface area contributed by atoms with Crippen LogP contribution in [-0.2, 0) is 0 Å². The molecular formula is C18H17N3O2S. The van der Waals surface area contributed by atoms with E-state index < -0.39 is 0 Å². The van der Waals surface area contributed by atoms with Crippen molar-refractivity contribution in [2.45, 2.75) is 13.0 Å². The van der Waals surface area contributed by atoms with Crippen molar-refractivity contribution >= 4 is 17.4 Å². The van der Waals surface area contributed by atoms with Crippen molar-refractivity contribution in [3.05, 3.63) is 65.0 Å². The van der Waals surface area contributed by atoms with Gasteiger partial charge in [0.1, 0.15) is 16.3 Å². The molecule has 1 aromatic heterocycles. The quantitative estimate of drug-likeness (QED) is 0.770. The number of carbonyl (C=O) groups excluding carboxylic acids is 1. The Morgan fingerprint density at radius 3 is 2.71 bits per heavy atom. The summed E-state index contributed by atoms with van der Waals surface area (Å²) in [6.45, 7) is 1.95. The standard InChI is InChI=1S/C18H17N3O2S/c1-12(13-7-4-3-5-8-13)19-18(22)17-16(20-21-24-17)14-9-6-10-15(11-14)23-2/h3-12H,1-2H3,(H,19,22)/t12-/m1/s1. The molecule has 5 nitrogen and oxygen atoms in total. The Morgan fingerprint density at radius 1 is 1.17 bits per heavy atom. The van der Waals surface area contributed by atoms with Crippen LogP contribution in [-0.4, -0.2) is 22.6 Å². The van der Waals surface area contributed by atoms with Crippen LogP contribution in [0.5, 0.6) is 5.75 Å². The molecule has 1 heterocycles. The molecule has 0 spiro atoms. The van der Waals surface area contributed by atoms with Crippen LogP contribution in [0.25, 0.3) is 11.3 Å². The van der Waals surface area contributed by atoms with Crippen LogP contribution in [0.3, 0.4) is 0 Å². The van der Waals surface area contributed by atoms with Crippen molar-refractivity contribution in [3.63, 3.8) is 0 Å². The molecule has 1 N–H and O–H groups in total. The summed E-state index contributed by atoms with van der Waals surface area (Å²) in [5.41, 5.74) is 2.42. The van der Waals surface area contributed by atoms with E-state index in [1.54, 1.807) is 7.11 Å². The highest BCUT2D eigenvalue weighted by Gasteiger charge is 2.20. The first-order valence-corrected chi connectivity index (χ1v) is 8.29. The number of carbonyl (C=O) groups is 1. The lowest BCUT2D eigenvalue weighted by Gasteiger charge is -2.13. The normalized spacial score (nSPS) is 11.8. The van der Waals surface area contributed by atoms with Gasteiger partial charge in [-0.15, -0.1) is 5.10 Å². The smallest absolute Gasteiger partial charge is 0.265 e. The summed E-state index contributed by atoms with van der Waals surface area (Å²) in [4.78, 5) is 13.1. The van der Waals surface area contributed by atoms with Crippen molar-refractivity contribution in [1.29, 1.82) is 0 Å². The number of hydrogen-bond acceptors (Lipinski definition) is 5. The minimum atomic E-state index is -0.181. The van der Waals surface area contributed by atoms with Gasteiger partial charge < -0.3 is 10.1 Å². The number of amides is 1. The van der Waals surface area contributed by atoms with E-state index in [9.17, 15) is 4.79 Å². The highest BCUT2D eigenvalue weighted by Crippen LogP contribution is 2.27. The van der Waals surface area contributed by atoms with Gasteiger partial charge in [0.25, 0.3) is 5.91 Å². The summed E-state index contributed by atoms with van der Waals surface area (Å²) in [7, 11) is 1.60. The van der Waals surface area contributed by atoms with Crippen LogP contribution in [0, 0.1) is 0 Å². The molecular weight excluding hydrogens is 322 g/mol. The van der Waals surface area contributed by atoms with Crippen molar-refractivity contribution in [3.8, 4) is 17.0 Å². The Balaban J connectivity index is 1.83. The van der Waals surface area contributed by atoms with Crippen molar-refractivity contribution in [2.75, 3.05) is 7.11 Å². The number of benzene rings is 2. The highest BCUT2D eigenvalue weighted by molar-refractivity contribution is 7.08. The zero-order valence-corrected chi connectivity index (χ0v) is 14.2. The molecule has 0 bridgehead atoms. The second-order valence-electron chi connectivity index (χ2n) is 5.29. The number of nitrogens with zero attached hydrogens (tertiary/aromatic N) is 2. The Morgan fingerprint density at radius 2 is 1.96 bits per heavy atom. The number of methoxy groups -OCH3 is 1. The van der Waals surface area contributed by atoms with Crippen molar-refractivity contribution in [1.82, 2.24) is 14.9 Å². The third-order valence-electron chi connectivity index (χ3n) is 3.68. The fourth-order valence-corrected chi connectivity index (χ4v) is 2.98. The van der Waals surface area contributed by atoms with Crippen LogP contribution in [0.2, 0.25) is 0 Å². The third kappa shape index (κ3) is 3.44. The minimum absolute atomic E-state index is 0.0982. The second kappa shape index (κ2) is 7.23. The Labute approximate surface area is 144 Å². The van der Waals surface area contributed by atoms with E-state index in [0.29, 0.717) is 16.3 Å². The van der Waals surface area contributed by atoms with Crippen LogP contribution in [0.4, 0.5) is 0 Å². The number of hydrogen-bond donors (Lipinski definition) is 1. The molecule has 0 aliphatic rings. The van der Waals surface area contributed by atoms with Gasteiger partial charge in [0.05, 0.1) is 13.2 Å². The summed E-state index contributed by atoms with van der Waals surface area (Å²) in [6, 6.07) is 17.2. The molecule has 0 saturated heterocycles. The van der Waals surface area contributed by atoms with E-state index in [1.165, 1.54) is 0 Å². The van der Waals surface area contributed by atoms with Gasteiger partial charge in [-0.3, -0.25) is 4.79 Å². The van der Waals surface area contributed by atoms with Gasteiger partial charge in [-0.05, 0) is 36.2 Å². The van der Waals surface area contributed by atoms with E-state index in [4.69, 9.17) is 4.74 Å². The van der Waals surface area contributed by atoms with Gasteiger partial charge in [-0.2, -0.15) is 0 Å². The van der Waals surface area contributed by atoms with Gasteiger partial charge >= 0.3 is 0 Å². The lowest BCUT2D eigenvalue weighted by molar-refractivity contribution is 0.0944. The van der Waals surface area contributed by atoms with Crippen LogP contribution in [0.1, 0.15) is 28.2 Å². The monoisotopic (exact) mass is 339 g/mol. The lowest BCUT2D eigenvalue weighted by atomic mass is 10.1. The topological polar surface area (TPSA) is 64.1 Å². The molecule has 6 heteroatoms. The molecule has 2 aromatic carbocycles.